The van der Waals surface area contributed by atoms with Gasteiger partial charge in [-0.05, 0) is 48.0 Å². The summed E-state index contributed by atoms with van der Waals surface area (Å²) in [5.74, 6) is -1.24. The van der Waals surface area contributed by atoms with Crippen LogP contribution in [0.4, 0.5) is 20.2 Å². The fraction of sp³-hybridized carbons (Fsp3) is 0.0800. The van der Waals surface area contributed by atoms with E-state index in [2.05, 4.69) is 15.3 Å². The number of hydrogen-bond donors (Lipinski definition) is 1. The van der Waals surface area contributed by atoms with Gasteiger partial charge in [-0.2, -0.15) is 0 Å². The van der Waals surface area contributed by atoms with Gasteiger partial charge in [0.1, 0.15) is 16.5 Å². The van der Waals surface area contributed by atoms with E-state index in [0.717, 1.165) is 11.8 Å². The van der Waals surface area contributed by atoms with E-state index in [0.29, 0.717) is 22.5 Å². The molecule has 0 fully saturated rings. The van der Waals surface area contributed by atoms with Crippen LogP contribution in [0.5, 0.6) is 0 Å². The Bertz CT molecular complexity index is 1560. The number of thioether (sulfide) groups is 1. The number of anilines is 2. The van der Waals surface area contributed by atoms with Crippen LogP contribution in [-0.4, -0.2) is 30.0 Å². The minimum Gasteiger partial charge on any atom is -0.325 e. The number of aromatic nitrogens is 2. The van der Waals surface area contributed by atoms with Crippen LogP contribution in [0.15, 0.2) is 89.0 Å². The zero-order chi connectivity index (χ0) is 25.3. The standard InChI is InChI=1S/C25H18F2N4O3S2/c26-17-8-10-19(11-9-17)29-23(32)15-35-25-28-13-22-24(30-25)20-6-1-2-7-21(20)31(36(22,33)34)14-16-4-3-5-18(27)12-16/h1-13H,14-15H2,(H,29,32). The average molecular weight is 525 g/mol. The molecular formula is C25H18F2N4O3S2. The van der Waals surface area contributed by atoms with Crippen molar-refractivity contribution in [3.63, 3.8) is 0 Å². The molecule has 7 nitrogen and oxygen atoms in total. The van der Waals surface area contributed by atoms with Crippen molar-refractivity contribution in [2.24, 2.45) is 0 Å². The van der Waals surface area contributed by atoms with Gasteiger partial charge in [0, 0.05) is 11.3 Å². The normalized spacial score (nSPS) is 13.6. The number of sulfonamides is 1. The Morgan fingerprint density at radius 3 is 2.53 bits per heavy atom. The first-order valence-electron chi connectivity index (χ1n) is 10.7. The van der Waals surface area contributed by atoms with Crippen molar-refractivity contribution in [2.45, 2.75) is 16.6 Å². The highest BCUT2D eigenvalue weighted by molar-refractivity contribution is 7.99. The number of rotatable bonds is 6. The van der Waals surface area contributed by atoms with Crippen molar-refractivity contribution in [3.05, 3.63) is 96.2 Å². The van der Waals surface area contributed by atoms with Crippen molar-refractivity contribution in [3.8, 4) is 11.3 Å². The molecule has 0 saturated carbocycles. The van der Waals surface area contributed by atoms with Gasteiger partial charge in [-0.25, -0.2) is 27.2 Å². The predicted octanol–water partition coefficient (Wildman–Crippen LogP) is 4.86. The van der Waals surface area contributed by atoms with E-state index in [4.69, 9.17) is 0 Å². The van der Waals surface area contributed by atoms with Crippen LogP contribution in [0.1, 0.15) is 5.56 Å². The Balaban J connectivity index is 1.41. The van der Waals surface area contributed by atoms with Crippen molar-refractivity contribution in [2.75, 3.05) is 15.4 Å². The average Bonchev–Trinajstić information content (AvgIpc) is 2.87. The van der Waals surface area contributed by atoms with Gasteiger partial charge in [0.15, 0.2) is 5.16 Å². The van der Waals surface area contributed by atoms with Crippen LogP contribution in [0.2, 0.25) is 0 Å². The molecule has 1 N–H and O–H groups in total. The quantitative estimate of drug-likeness (QED) is 0.286. The molecule has 0 saturated heterocycles. The number of hydrogen-bond acceptors (Lipinski definition) is 6. The summed E-state index contributed by atoms with van der Waals surface area (Å²) in [5.41, 5.74) is 2.18. The summed E-state index contributed by atoms with van der Waals surface area (Å²) in [6.07, 6.45) is 1.23. The largest absolute Gasteiger partial charge is 0.325 e. The lowest BCUT2D eigenvalue weighted by Gasteiger charge is -2.31. The topological polar surface area (TPSA) is 92.3 Å². The predicted molar refractivity (Wildman–Crippen MR) is 133 cm³/mol. The SMILES string of the molecule is O=C(CSc1ncc2c(n1)-c1ccccc1N(Cc1cccc(F)c1)S2(=O)=O)Nc1ccc(F)cc1. The van der Waals surface area contributed by atoms with Gasteiger partial charge in [0.05, 0.1) is 29.9 Å². The fourth-order valence-corrected chi connectivity index (χ4v) is 5.95. The monoisotopic (exact) mass is 524 g/mol. The van der Waals surface area contributed by atoms with E-state index in [1.165, 1.54) is 53.0 Å². The number of nitrogens with zero attached hydrogens (tertiary/aromatic N) is 3. The van der Waals surface area contributed by atoms with Crippen molar-refractivity contribution in [1.82, 2.24) is 9.97 Å². The maximum atomic E-state index is 13.7. The highest BCUT2D eigenvalue weighted by Gasteiger charge is 2.36. The summed E-state index contributed by atoms with van der Waals surface area (Å²) in [5, 5.41) is 2.88. The van der Waals surface area contributed by atoms with Crippen LogP contribution in [0, 0.1) is 11.6 Å². The van der Waals surface area contributed by atoms with Gasteiger partial charge in [0.2, 0.25) is 5.91 Å². The molecule has 0 atom stereocenters. The van der Waals surface area contributed by atoms with Gasteiger partial charge in [-0.1, -0.05) is 42.1 Å². The molecule has 1 amide bonds. The first-order chi connectivity index (χ1) is 17.3. The summed E-state index contributed by atoms with van der Waals surface area (Å²) in [7, 11) is -4.03. The van der Waals surface area contributed by atoms with E-state index in [1.807, 2.05) is 0 Å². The molecule has 1 aliphatic rings. The zero-order valence-electron chi connectivity index (χ0n) is 18.6. The van der Waals surface area contributed by atoms with Crippen molar-refractivity contribution in [1.29, 1.82) is 0 Å². The van der Waals surface area contributed by atoms with Gasteiger partial charge >= 0.3 is 0 Å². The van der Waals surface area contributed by atoms with Gasteiger partial charge in [-0.15, -0.1) is 0 Å². The van der Waals surface area contributed by atoms with Crippen LogP contribution in [-0.2, 0) is 21.4 Å². The number of halogens is 2. The molecule has 0 radical (unpaired) electrons. The first-order valence-corrected chi connectivity index (χ1v) is 13.2. The molecule has 4 aromatic rings. The number of fused-ring (bicyclic) bond motifs is 3. The second-order valence-electron chi connectivity index (χ2n) is 7.87. The van der Waals surface area contributed by atoms with E-state index < -0.39 is 21.7 Å². The molecule has 0 bridgehead atoms. The van der Waals surface area contributed by atoms with Crippen molar-refractivity contribution >= 4 is 39.1 Å². The lowest BCUT2D eigenvalue weighted by molar-refractivity contribution is -0.113. The van der Waals surface area contributed by atoms with E-state index in [1.54, 1.807) is 30.3 Å². The smallest absolute Gasteiger partial charge is 0.268 e. The molecule has 36 heavy (non-hydrogen) atoms. The maximum Gasteiger partial charge on any atom is 0.268 e. The van der Waals surface area contributed by atoms with E-state index in [-0.39, 0.29) is 34.0 Å². The molecule has 0 aliphatic carbocycles. The number of para-hydroxylation sites is 1. The molecule has 11 heteroatoms. The Morgan fingerprint density at radius 1 is 0.972 bits per heavy atom. The van der Waals surface area contributed by atoms with Crippen molar-refractivity contribution < 1.29 is 22.0 Å². The highest BCUT2D eigenvalue weighted by Crippen LogP contribution is 2.42. The summed E-state index contributed by atoms with van der Waals surface area (Å²) in [4.78, 5) is 20.8. The highest BCUT2D eigenvalue weighted by atomic mass is 32.2. The molecule has 2 heterocycles. The summed E-state index contributed by atoms with van der Waals surface area (Å²) < 4.78 is 55.0. The van der Waals surface area contributed by atoms with E-state index in [9.17, 15) is 22.0 Å². The number of carbonyl (C=O) groups excluding carboxylic acids is 1. The summed E-state index contributed by atoms with van der Waals surface area (Å²) >= 11 is 1.05. The molecule has 182 valence electrons. The molecule has 0 unspecified atom stereocenters. The number of benzene rings is 3. The first kappa shape index (κ1) is 23.9. The molecular weight excluding hydrogens is 506 g/mol. The van der Waals surface area contributed by atoms with Crippen LogP contribution in [0.25, 0.3) is 11.3 Å². The molecule has 0 spiro atoms. The Morgan fingerprint density at radius 2 is 1.75 bits per heavy atom. The second-order valence-corrected chi connectivity index (χ2v) is 10.6. The maximum absolute atomic E-state index is 13.7. The minimum atomic E-state index is -4.03. The van der Waals surface area contributed by atoms with Gasteiger partial charge in [0.25, 0.3) is 10.0 Å². The van der Waals surface area contributed by atoms with Crippen LogP contribution >= 0.6 is 11.8 Å². The zero-order valence-corrected chi connectivity index (χ0v) is 20.2. The lowest BCUT2D eigenvalue weighted by Crippen LogP contribution is -2.34. The third-order valence-corrected chi connectivity index (χ3v) is 8.03. The fourth-order valence-electron chi connectivity index (χ4n) is 3.78. The molecule has 3 aromatic carbocycles. The third-order valence-electron chi connectivity index (χ3n) is 5.40. The number of carbonyl (C=O) groups is 1. The Kier molecular flexibility index (Phi) is 6.42. The number of nitrogens with one attached hydrogen (secondary N) is 1. The van der Waals surface area contributed by atoms with E-state index >= 15 is 0 Å². The lowest BCUT2D eigenvalue weighted by atomic mass is 10.1. The van der Waals surface area contributed by atoms with Crippen LogP contribution < -0.4 is 9.62 Å². The third kappa shape index (κ3) is 4.79. The summed E-state index contributed by atoms with van der Waals surface area (Å²) in [6, 6.07) is 18.1. The molecule has 1 aliphatic heterocycles. The minimum absolute atomic E-state index is 0.0315. The van der Waals surface area contributed by atoms with Gasteiger partial charge < -0.3 is 5.32 Å². The number of amides is 1. The van der Waals surface area contributed by atoms with Crippen LogP contribution in [0.3, 0.4) is 0 Å². The summed E-state index contributed by atoms with van der Waals surface area (Å²) in [6.45, 7) is -0.0589. The molecule has 5 rings (SSSR count). The Hall–Kier alpha value is -3.83. The molecule has 1 aromatic heterocycles. The van der Waals surface area contributed by atoms with Gasteiger partial charge in [-0.3, -0.25) is 9.10 Å². The second kappa shape index (κ2) is 9.67. The Labute approximate surface area is 210 Å².